The Hall–Kier alpha value is -1.57. The molecular formula is C13H15NO. The van der Waals surface area contributed by atoms with Crippen molar-refractivity contribution in [2.24, 2.45) is 5.16 Å². The summed E-state index contributed by atoms with van der Waals surface area (Å²) in [6.45, 7) is 0. The van der Waals surface area contributed by atoms with Crippen molar-refractivity contribution in [3.05, 3.63) is 41.5 Å². The van der Waals surface area contributed by atoms with Crippen molar-refractivity contribution in [2.45, 2.75) is 25.7 Å². The molecule has 2 rings (SSSR count). The number of rotatable bonds is 1. The van der Waals surface area contributed by atoms with Gasteiger partial charge >= 0.3 is 0 Å². The molecule has 0 bridgehead atoms. The van der Waals surface area contributed by atoms with Crippen molar-refractivity contribution in [1.82, 2.24) is 0 Å². The number of oxime groups is 1. The Morgan fingerprint density at radius 1 is 1.07 bits per heavy atom. The van der Waals surface area contributed by atoms with Gasteiger partial charge in [-0.2, -0.15) is 0 Å². The van der Waals surface area contributed by atoms with Crippen LogP contribution in [0.15, 0.2) is 41.1 Å². The fourth-order valence-electron chi connectivity index (χ4n) is 1.93. The molecule has 1 aliphatic rings. The van der Waals surface area contributed by atoms with Crippen molar-refractivity contribution in [1.29, 1.82) is 0 Å². The van der Waals surface area contributed by atoms with Gasteiger partial charge in [0.1, 0.15) is 0 Å². The molecule has 0 amide bonds. The van der Waals surface area contributed by atoms with Crippen molar-refractivity contribution >= 4 is 11.8 Å². The zero-order valence-electron chi connectivity index (χ0n) is 8.69. The highest BCUT2D eigenvalue weighted by molar-refractivity contribution is 6.03. The molecule has 1 N–H and O–H groups in total. The van der Waals surface area contributed by atoms with Crippen LogP contribution < -0.4 is 0 Å². The molecule has 2 heteroatoms. The molecule has 1 aromatic carbocycles. The van der Waals surface area contributed by atoms with E-state index in [0.29, 0.717) is 0 Å². The minimum atomic E-state index is 0.852. The van der Waals surface area contributed by atoms with Crippen molar-refractivity contribution in [2.75, 3.05) is 0 Å². The average Bonchev–Trinajstić information content (AvgIpc) is 2.31. The molecule has 2 nitrogen and oxygen atoms in total. The quantitative estimate of drug-likeness (QED) is 0.547. The largest absolute Gasteiger partial charge is 0.411 e. The first-order valence-corrected chi connectivity index (χ1v) is 5.37. The Kier molecular flexibility index (Phi) is 3.18. The zero-order valence-corrected chi connectivity index (χ0v) is 8.69. The Bertz CT molecular complexity index is 379. The third-order valence-electron chi connectivity index (χ3n) is 2.74. The van der Waals surface area contributed by atoms with Crippen LogP contribution in [0.4, 0.5) is 0 Å². The maximum Gasteiger partial charge on any atom is 0.0827 e. The summed E-state index contributed by atoms with van der Waals surface area (Å²) >= 11 is 0. The summed E-state index contributed by atoms with van der Waals surface area (Å²) in [7, 11) is 0. The molecule has 0 atom stereocenters. The van der Waals surface area contributed by atoms with Gasteiger partial charge in [0.05, 0.1) is 5.71 Å². The molecule has 0 radical (unpaired) electrons. The highest BCUT2D eigenvalue weighted by atomic mass is 16.4. The van der Waals surface area contributed by atoms with E-state index < -0.39 is 0 Å². The molecule has 1 aliphatic carbocycles. The number of allylic oxidation sites excluding steroid dienone is 1. The molecule has 0 heterocycles. The Morgan fingerprint density at radius 3 is 2.53 bits per heavy atom. The van der Waals surface area contributed by atoms with E-state index >= 15 is 0 Å². The van der Waals surface area contributed by atoms with Crippen LogP contribution in [0.1, 0.15) is 31.2 Å². The normalized spacial score (nSPS) is 22.1. The van der Waals surface area contributed by atoms with Gasteiger partial charge in [-0.1, -0.05) is 35.5 Å². The second-order valence-corrected chi connectivity index (χ2v) is 3.83. The summed E-state index contributed by atoms with van der Waals surface area (Å²) in [6.07, 6.45) is 6.36. The number of nitrogens with zero attached hydrogens (tertiary/aromatic N) is 1. The summed E-state index contributed by atoms with van der Waals surface area (Å²) < 4.78 is 0. The summed E-state index contributed by atoms with van der Waals surface area (Å²) in [5, 5.41) is 12.3. The van der Waals surface area contributed by atoms with Gasteiger partial charge in [-0.25, -0.2) is 0 Å². The van der Waals surface area contributed by atoms with Gasteiger partial charge in [0, 0.05) is 0 Å². The van der Waals surface area contributed by atoms with Gasteiger partial charge in [0.25, 0.3) is 0 Å². The molecule has 0 saturated heterocycles. The standard InChI is InChI=1S/C13H15NO/c15-14-13-9-5-4-8-12(13)10-11-6-2-1-3-7-11/h1-3,6-7,10,15H,4-5,8-9H2/b12-10+,14-13?. The fourth-order valence-corrected chi connectivity index (χ4v) is 1.93. The maximum atomic E-state index is 8.89. The number of hydrogen-bond acceptors (Lipinski definition) is 2. The lowest BCUT2D eigenvalue weighted by atomic mass is 9.91. The number of benzene rings is 1. The van der Waals surface area contributed by atoms with Gasteiger partial charge in [0.2, 0.25) is 0 Å². The van der Waals surface area contributed by atoms with Crippen molar-refractivity contribution < 1.29 is 5.21 Å². The summed E-state index contributed by atoms with van der Waals surface area (Å²) in [6, 6.07) is 10.2. The first-order chi connectivity index (χ1) is 7.40. The second-order valence-electron chi connectivity index (χ2n) is 3.83. The minimum absolute atomic E-state index is 0.852. The van der Waals surface area contributed by atoms with E-state index in [2.05, 4.69) is 23.4 Å². The lowest BCUT2D eigenvalue weighted by Crippen LogP contribution is -2.08. The molecule has 0 unspecified atom stereocenters. The van der Waals surface area contributed by atoms with Crippen LogP contribution in [0, 0.1) is 0 Å². The van der Waals surface area contributed by atoms with E-state index in [-0.39, 0.29) is 0 Å². The topological polar surface area (TPSA) is 32.6 Å². The van der Waals surface area contributed by atoms with Crippen LogP contribution in [0.25, 0.3) is 6.08 Å². The third-order valence-corrected chi connectivity index (χ3v) is 2.74. The molecule has 0 aliphatic heterocycles. The monoisotopic (exact) mass is 201 g/mol. The lowest BCUT2D eigenvalue weighted by molar-refractivity contribution is 0.316. The minimum Gasteiger partial charge on any atom is -0.411 e. The molecule has 0 spiro atoms. The van der Waals surface area contributed by atoms with E-state index in [1.54, 1.807) is 0 Å². The third kappa shape index (κ3) is 2.46. The first kappa shape index (κ1) is 9.97. The van der Waals surface area contributed by atoms with Crippen LogP contribution >= 0.6 is 0 Å². The van der Waals surface area contributed by atoms with Gasteiger partial charge < -0.3 is 5.21 Å². The van der Waals surface area contributed by atoms with Gasteiger partial charge in [-0.05, 0) is 42.9 Å². The van der Waals surface area contributed by atoms with E-state index in [4.69, 9.17) is 5.21 Å². The second kappa shape index (κ2) is 4.78. The first-order valence-electron chi connectivity index (χ1n) is 5.37. The predicted molar refractivity (Wildman–Crippen MR) is 62.1 cm³/mol. The Morgan fingerprint density at radius 2 is 1.80 bits per heavy atom. The van der Waals surface area contributed by atoms with E-state index in [1.165, 1.54) is 17.6 Å². The average molecular weight is 201 g/mol. The highest BCUT2D eigenvalue weighted by Crippen LogP contribution is 2.23. The van der Waals surface area contributed by atoms with Crippen LogP contribution in [-0.2, 0) is 0 Å². The summed E-state index contributed by atoms with van der Waals surface area (Å²) in [4.78, 5) is 0. The summed E-state index contributed by atoms with van der Waals surface area (Å²) in [5.41, 5.74) is 3.20. The molecule has 1 aromatic rings. The van der Waals surface area contributed by atoms with E-state index in [0.717, 1.165) is 25.0 Å². The van der Waals surface area contributed by atoms with Gasteiger partial charge in [-0.15, -0.1) is 0 Å². The van der Waals surface area contributed by atoms with Crippen LogP contribution in [0.2, 0.25) is 0 Å². The molecule has 0 aromatic heterocycles. The smallest absolute Gasteiger partial charge is 0.0827 e. The van der Waals surface area contributed by atoms with Crippen molar-refractivity contribution in [3.63, 3.8) is 0 Å². The van der Waals surface area contributed by atoms with Gasteiger partial charge in [0.15, 0.2) is 0 Å². The fraction of sp³-hybridized carbons (Fsp3) is 0.308. The van der Waals surface area contributed by atoms with E-state index in [1.807, 2.05) is 18.2 Å². The van der Waals surface area contributed by atoms with Gasteiger partial charge in [-0.3, -0.25) is 0 Å². The molecule has 1 saturated carbocycles. The highest BCUT2D eigenvalue weighted by Gasteiger charge is 2.13. The lowest BCUT2D eigenvalue weighted by Gasteiger charge is -2.15. The van der Waals surface area contributed by atoms with Crippen LogP contribution in [0.5, 0.6) is 0 Å². The zero-order chi connectivity index (χ0) is 10.5. The predicted octanol–water partition coefficient (Wildman–Crippen LogP) is 3.47. The Labute approximate surface area is 89.9 Å². The molecular weight excluding hydrogens is 186 g/mol. The van der Waals surface area contributed by atoms with E-state index in [9.17, 15) is 0 Å². The Balaban J connectivity index is 2.25. The van der Waals surface area contributed by atoms with Crippen molar-refractivity contribution in [3.8, 4) is 0 Å². The summed E-state index contributed by atoms with van der Waals surface area (Å²) in [5.74, 6) is 0. The molecule has 15 heavy (non-hydrogen) atoms. The number of hydrogen-bond donors (Lipinski definition) is 1. The van der Waals surface area contributed by atoms with Crippen LogP contribution in [-0.4, -0.2) is 10.9 Å². The SMILES string of the molecule is ON=C1CCCC/C1=C\c1ccccc1. The molecule has 1 fully saturated rings. The van der Waals surface area contributed by atoms with Crippen LogP contribution in [0.3, 0.4) is 0 Å². The maximum absolute atomic E-state index is 8.89. The molecule has 78 valence electrons.